The zero-order valence-corrected chi connectivity index (χ0v) is 18.6. The van der Waals surface area contributed by atoms with Gasteiger partial charge < -0.3 is 14.6 Å². The lowest BCUT2D eigenvalue weighted by Gasteiger charge is -2.42. The molecule has 1 saturated carbocycles. The zero-order chi connectivity index (χ0) is 23.3. The molecule has 7 nitrogen and oxygen atoms in total. The van der Waals surface area contributed by atoms with Crippen molar-refractivity contribution in [2.75, 3.05) is 7.11 Å². The third-order valence-electron chi connectivity index (χ3n) is 6.41. The van der Waals surface area contributed by atoms with Crippen LogP contribution in [0, 0.1) is 5.82 Å². The second-order valence-electron chi connectivity index (χ2n) is 8.85. The molecule has 5 rings (SSSR count). The zero-order valence-electron chi connectivity index (χ0n) is 18.6. The maximum absolute atomic E-state index is 13.6. The minimum atomic E-state index is -1.22. The Morgan fingerprint density at radius 1 is 1.21 bits per heavy atom. The van der Waals surface area contributed by atoms with Crippen LogP contribution < -0.4 is 4.74 Å². The van der Waals surface area contributed by atoms with Gasteiger partial charge in [-0.3, -0.25) is 5.10 Å². The van der Waals surface area contributed by atoms with Crippen LogP contribution in [-0.4, -0.2) is 45.1 Å². The Morgan fingerprint density at radius 2 is 1.94 bits per heavy atom. The first-order valence-corrected chi connectivity index (χ1v) is 10.8. The molecule has 0 saturated heterocycles. The van der Waals surface area contributed by atoms with E-state index < -0.39 is 11.6 Å². The predicted molar refractivity (Wildman–Crippen MR) is 122 cm³/mol. The molecule has 0 unspecified atom stereocenters. The van der Waals surface area contributed by atoms with Crippen molar-refractivity contribution in [3.63, 3.8) is 0 Å². The van der Waals surface area contributed by atoms with E-state index in [2.05, 4.69) is 10.2 Å². The summed E-state index contributed by atoms with van der Waals surface area (Å²) in [4.78, 5) is 16.5. The van der Waals surface area contributed by atoms with E-state index in [0.29, 0.717) is 5.88 Å². The van der Waals surface area contributed by atoms with Gasteiger partial charge in [-0.15, -0.1) is 0 Å². The van der Waals surface area contributed by atoms with Gasteiger partial charge in [0.2, 0.25) is 5.88 Å². The number of nitrogens with zero attached hydrogens (tertiary/aromatic N) is 2. The second-order valence-corrected chi connectivity index (χ2v) is 8.85. The quantitative estimate of drug-likeness (QED) is 0.427. The van der Waals surface area contributed by atoms with Gasteiger partial charge in [-0.25, -0.2) is 14.2 Å². The molecule has 2 aromatic heterocycles. The van der Waals surface area contributed by atoms with Gasteiger partial charge in [0.25, 0.3) is 0 Å². The Kier molecular flexibility index (Phi) is 5.05. The molecule has 33 heavy (non-hydrogen) atoms. The highest BCUT2D eigenvalue weighted by Crippen LogP contribution is 2.43. The molecule has 8 heteroatoms. The Hall–Kier alpha value is -3.52. The number of carbonyl (C=O) groups is 1. The molecule has 0 atom stereocenters. The number of pyridine rings is 1. The van der Waals surface area contributed by atoms with Crippen molar-refractivity contribution in [3.05, 3.63) is 54.1 Å². The molecular weight excluding hydrogens is 425 g/mol. The first kappa shape index (κ1) is 21.3. The van der Waals surface area contributed by atoms with Crippen LogP contribution in [0.4, 0.5) is 4.39 Å². The molecule has 0 bridgehead atoms. The minimum absolute atomic E-state index is 0.0651. The molecule has 0 amide bonds. The number of aromatic amines is 1. The highest BCUT2D eigenvalue weighted by atomic mass is 19.1. The average Bonchev–Trinajstić information content (AvgIpc) is 3.22. The second kappa shape index (κ2) is 7.81. The van der Waals surface area contributed by atoms with E-state index in [0.717, 1.165) is 38.5 Å². The van der Waals surface area contributed by atoms with Gasteiger partial charge in [0.1, 0.15) is 11.9 Å². The number of benzene rings is 2. The fourth-order valence-corrected chi connectivity index (χ4v) is 4.51. The van der Waals surface area contributed by atoms with E-state index in [4.69, 9.17) is 14.5 Å². The molecule has 2 heterocycles. The summed E-state index contributed by atoms with van der Waals surface area (Å²) in [6, 6.07) is 10.4. The van der Waals surface area contributed by atoms with Crippen molar-refractivity contribution in [3.8, 4) is 17.0 Å². The SMILES string of the molecule is COC1(C(=O)O)CC(Oc2nc(C(C)C)c(-c3ccc(F)cc3)c3cc4cn[nH]c4cc23)C1. The smallest absolute Gasteiger partial charge is 0.336 e. The maximum atomic E-state index is 13.6. The van der Waals surface area contributed by atoms with E-state index in [9.17, 15) is 14.3 Å². The van der Waals surface area contributed by atoms with Crippen LogP contribution >= 0.6 is 0 Å². The summed E-state index contributed by atoms with van der Waals surface area (Å²) in [7, 11) is 1.40. The molecule has 0 radical (unpaired) electrons. The Balaban J connectivity index is 1.68. The highest BCUT2D eigenvalue weighted by molar-refractivity contribution is 6.06. The topological polar surface area (TPSA) is 97.3 Å². The monoisotopic (exact) mass is 449 g/mol. The summed E-state index contributed by atoms with van der Waals surface area (Å²) < 4.78 is 25.1. The summed E-state index contributed by atoms with van der Waals surface area (Å²) in [5.41, 5.74) is 2.22. The molecule has 1 aliphatic carbocycles. The first-order chi connectivity index (χ1) is 15.8. The molecule has 170 valence electrons. The fourth-order valence-electron chi connectivity index (χ4n) is 4.51. The summed E-state index contributed by atoms with van der Waals surface area (Å²) in [5.74, 6) is -0.785. The number of fused-ring (bicyclic) bond motifs is 2. The number of hydrogen-bond donors (Lipinski definition) is 2. The summed E-state index contributed by atoms with van der Waals surface area (Å²) in [5, 5.41) is 19.3. The van der Waals surface area contributed by atoms with Crippen LogP contribution in [0.1, 0.15) is 38.3 Å². The lowest BCUT2D eigenvalue weighted by Crippen LogP contribution is -2.56. The van der Waals surface area contributed by atoms with E-state index in [1.54, 1.807) is 18.3 Å². The normalized spacial score (nSPS) is 20.3. The van der Waals surface area contributed by atoms with Crippen LogP contribution in [-0.2, 0) is 9.53 Å². The molecular formula is C25H24FN3O4. The number of hydrogen-bond acceptors (Lipinski definition) is 5. The summed E-state index contributed by atoms with van der Waals surface area (Å²) in [6.45, 7) is 4.09. The minimum Gasteiger partial charge on any atom is -0.479 e. The maximum Gasteiger partial charge on any atom is 0.336 e. The number of aliphatic carboxylic acids is 1. The summed E-state index contributed by atoms with van der Waals surface area (Å²) in [6.07, 6.45) is 1.91. The van der Waals surface area contributed by atoms with E-state index in [1.807, 2.05) is 26.0 Å². The molecule has 1 aliphatic rings. The third kappa shape index (κ3) is 3.51. The van der Waals surface area contributed by atoms with Crippen LogP contribution in [0.15, 0.2) is 42.6 Å². The van der Waals surface area contributed by atoms with Crippen molar-refractivity contribution in [1.82, 2.24) is 15.2 Å². The molecule has 2 aromatic carbocycles. The van der Waals surface area contributed by atoms with Gasteiger partial charge in [0, 0.05) is 36.3 Å². The number of ether oxygens (including phenoxy) is 2. The standard InChI is InChI=1S/C25H24FN3O4/c1-13(2)22-21(14-4-6-16(26)7-5-14)18-8-15-12-27-29-20(15)9-19(18)23(28-22)33-17-10-25(11-17,32-3)24(30)31/h4-9,12-13,17H,10-11H2,1-3H3,(H,27,29)(H,30,31). The number of aromatic nitrogens is 3. The van der Waals surface area contributed by atoms with Crippen LogP contribution in [0.5, 0.6) is 5.88 Å². The van der Waals surface area contributed by atoms with Crippen molar-refractivity contribution in [1.29, 1.82) is 0 Å². The highest BCUT2D eigenvalue weighted by Gasteiger charge is 2.52. The fraction of sp³-hybridized carbons (Fsp3) is 0.320. The number of carboxylic acids is 1. The Morgan fingerprint density at radius 3 is 2.58 bits per heavy atom. The molecule has 1 fully saturated rings. The van der Waals surface area contributed by atoms with E-state index in [1.165, 1.54) is 19.2 Å². The van der Waals surface area contributed by atoms with Gasteiger partial charge in [-0.1, -0.05) is 26.0 Å². The molecule has 2 N–H and O–H groups in total. The number of methoxy groups -OCH3 is 1. The average molecular weight is 449 g/mol. The van der Waals surface area contributed by atoms with Gasteiger partial charge in [-0.2, -0.15) is 5.10 Å². The number of rotatable bonds is 6. The molecule has 0 aliphatic heterocycles. The lowest BCUT2D eigenvalue weighted by atomic mass is 9.77. The van der Waals surface area contributed by atoms with Crippen molar-refractivity contribution >= 4 is 27.6 Å². The predicted octanol–water partition coefficient (Wildman–Crippen LogP) is 5.05. The lowest BCUT2D eigenvalue weighted by molar-refractivity contribution is -0.186. The van der Waals surface area contributed by atoms with Crippen molar-refractivity contribution in [2.24, 2.45) is 0 Å². The van der Waals surface area contributed by atoms with Crippen LogP contribution in [0.25, 0.3) is 32.8 Å². The van der Waals surface area contributed by atoms with Crippen molar-refractivity contribution in [2.45, 2.75) is 44.3 Å². The number of halogens is 1. The molecule has 4 aromatic rings. The van der Waals surface area contributed by atoms with E-state index in [-0.39, 0.29) is 30.7 Å². The number of carboxylic acid groups (broad SMARTS) is 1. The Labute approximate surface area is 189 Å². The number of H-pyrrole nitrogens is 1. The summed E-state index contributed by atoms with van der Waals surface area (Å²) >= 11 is 0. The number of nitrogens with one attached hydrogen (secondary N) is 1. The van der Waals surface area contributed by atoms with Gasteiger partial charge in [0.05, 0.1) is 17.4 Å². The largest absolute Gasteiger partial charge is 0.479 e. The van der Waals surface area contributed by atoms with E-state index >= 15 is 0 Å². The van der Waals surface area contributed by atoms with Gasteiger partial charge in [-0.05, 0) is 41.1 Å². The van der Waals surface area contributed by atoms with Crippen molar-refractivity contribution < 1.29 is 23.8 Å². The van der Waals surface area contributed by atoms with Gasteiger partial charge in [0.15, 0.2) is 5.60 Å². The Bertz CT molecular complexity index is 1360. The van der Waals surface area contributed by atoms with Crippen LogP contribution in [0.2, 0.25) is 0 Å². The first-order valence-electron chi connectivity index (χ1n) is 10.8. The third-order valence-corrected chi connectivity index (χ3v) is 6.41. The van der Waals surface area contributed by atoms with Gasteiger partial charge >= 0.3 is 5.97 Å². The van der Waals surface area contributed by atoms with Crippen LogP contribution in [0.3, 0.4) is 0 Å². The molecule has 0 spiro atoms.